The Kier molecular flexibility index (Phi) is 5.72. The Hall–Kier alpha value is -1.18. The van der Waals surface area contributed by atoms with Crippen LogP contribution in [0.1, 0.15) is 19.4 Å². The second-order valence-electron chi connectivity index (χ2n) is 5.88. The van der Waals surface area contributed by atoms with Gasteiger partial charge in [0.1, 0.15) is 5.82 Å². The van der Waals surface area contributed by atoms with Gasteiger partial charge < -0.3 is 10.6 Å². The number of likely N-dealkylation sites (N-methyl/N-ethyl adjacent to an activating group) is 1. The van der Waals surface area contributed by atoms with Crippen molar-refractivity contribution in [3.05, 3.63) is 23.5 Å². The highest BCUT2D eigenvalue weighted by Gasteiger charge is 2.24. The predicted octanol–water partition coefficient (Wildman–Crippen LogP) is 1.58. The van der Waals surface area contributed by atoms with E-state index in [1.807, 2.05) is 32.8 Å². The molecule has 1 aromatic rings. The molecular weight excluding hydrogens is 293 g/mol. The van der Waals surface area contributed by atoms with Crippen molar-refractivity contribution in [2.24, 2.45) is 5.92 Å². The van der Waals surface area contributed by atoms with Crippen LogP contribution < -0.4 is 10.5 Å². The normalized spacial score (nSPS) is 13.9. The first-order chi connectivity index (χ1) is 9.54. The molecule has 0 aliphatic heterocycles. The van der Waals surface area contributed by atoms with Crippen LogP contribution in [0.15, 0.2) is 17.0 Å². The molecule has 0 aliphatic rings. The van der Waals surface area contributed by atoms with Crippen LogP contribution in [-0.4, -0.2) is 40.0 Å². The molecule has 120 valence electrons. The average Bonchev–Trinajstić information content (AvgIpc) is 2.33. The predicted molar refractivity (Wildman–Crippen MR) is 83.1 cm³/mol. The minimum absolute atomic E-state index is 0.0108. The van der Waals surface area contributed by atoms with Crippen molar-refractivity contribution < 1.29 is 12.8 Å². The molecule has 0 spiro atoms. The molecule has 0 heterocycles. The molecule has 5 nitrogen and oxygen atoms in total. The lowest BCUT2D eigenvalue weighted by Crippen LogP contribution is -2.44. The van der Waals surface area contributed by atoms with E-state index in [4.69, 9.17) is 5.73 Å². The quantitative estimate of drug-likeness (QED) is 0.781. The molecule has 0 bridgehead atoms. The highest BCUT2D eigenvalue weighted by Crippen LogP contribution is 2.21. The van der Waals surface area contributed by atoms with E-state index >= 15 is 0 Å². The first kappa shape index (κ1) is 17.9. The van der Waals surface area contributed by atoms with Crippen LogP contribution in [0, 0.1) is 18.7 Å². The van der Waals surface area contributed by atoms with Gasteiger partial charge in [0, 0.05) is 12.6 Å². The maximum atomic E-state index is 13.5. The molecule has 0 amide bonds. The third-order valence-electron chi connectivity index (χ3n) is 3.24. The van der Waals surface area contributed by atoms with Crippen LogP contribution in [-0.2, 0) is 10.0 Å². The van der Waals surface area contributed by atoms with Crippen molar-refractivity contribution in [1.82, 2.24) is 9.62 Å². The van der Waals surface area contributed by atoms with Crippen LogP contribution in [0.25, 0.3) is 0 Å². The summed E-state index contributed by atoms with van der Waals surface area (Å²) >= 11 is 0. The SMILES string of the molecule is Cc1cc(S(=O)(=O)NC(CN(C)C)C(C)C)cc(N)c1F. The molecule has 7 heteroatoms. The first-order valence-corrected chi connectivity index (χ1v) is 8.25. The fourth-order valence-electron chi connectivity index (χ4n) is 1.96. The van der Waals surface area contributed by atoms with Crippen LogP contribution >= 0.6 is 0 Å². The van der Waals surface area contributed by atoms with E-state index in [9.17, 15) is 12.8 Å². The van der Waals surface area contributed by atoms with Gasteiger partial charge in [-0.15, -0.1) is 0 Å². The van der Waals surface area contributed by atoms with E-state index < -0.39 is 15.8 Å². The minimum Gasteiger partial charge on any atom is -0.396 e. The number of nitrogen functional groups attached to an aromatic ring is 1. The zero-order chi connectivity index (χ0) is 16.4. The Morgan fingerprint density at radius 3 is 2.33 bits per heavy atom. The monoisotopic (exact) mass is 317 g/mol. The average molecular weight is 317 g/mol. The molecule has 1 aromatic carbocycles. The van der Waals surface area contributed by atoms with Crippen molar-refractivity contribution in [3.8, 4) is 0 Å². The summed E-state index contributed by atoms with van der Waals surface area (Å²) in [6, 6.07) is 2.20. The Morgan fingerprint density at radius 1 is 1.33 bits per heavy atom. The molecule has 0 saturated heterocycles. The summed E-state index contributed by atoms with van der Waals surface area (Å²) in [5.74, 6) is -0.455. The van der Waals surface area contributed by atoms with Gasteiger partial charge in [-0.05, 0) is 44.6 Å². The van der Waals surface area contributed by atoms with E-state index in [1.54, 1.807) is 0 Å². The summed E-state index contributed by atoms with van der Waals surface area (Å²) in [4.78, 5) is 1.90. The van der Waals surface area contributed by atoms with Crippen molar-refractivity contribution in [1.29, 1.82) is 0 Å². The first-order valence-electron chi connectivity index (χ1n) is 6.77. The fourth-order valence-corrected chi connectivity index (χ4v) is 3.46. The molecule has 1 atom stereocenters. The lowest BCUT2D eigenvalue weighted by Gasteiger charge is -2.25. The Balaban J connectivity index is 3.10. The molecule has 21 heavy (non-hydrogen) atoms. The number of aryl methyl sites for hydroxylation is 1. The molecule has 0 radical (unpaired) electrons. The standard InChI is InChI=1S/C14H24FN3O2S/c1-9(2)13(8-18(4)5)17-21(19,20)11-6-10(3)14(15)12(16)7-11/h6-7,9,13,17H,8,16H2,1-5H3. The van der Waals surface area contributed by atoms with Crippen LogP contribution in [0.5, 0.6) is 0 Å². The van der Waals surface area contributed by atoms with E-state index in [0.717, 1.165) is 6.07 Å². The Morgan fingerprint density at radius 2 is 1.90 bits per heavy atom. The van der Waals surface area contributed by atoms with Gasteiger partial charge in [-0.3, -0.25) is 0 Å². The largest absolute Gasteiger partial charge is 0.396 e. The smallest absolute Gasteiger partial charge is 0.240 e. The van der Waals surface area contributed by atoms with Crippen LogP contribution in [0.2, 0.25) is 0 Å². The van der Waals surface area contributed by atoms with Gasteiger partial charge in [-0.25, -0.2) is 17.5 Å². The Bertz CT molecular complexity index is 577. The second kappa shape index (κ2) is 6.72. The van der Waals surface area contributed by atoms with E-state index in [0.29, 0.717) is 6.54 Å². The molecular formula is C14H24FN3O2S. The fraction of sp³-hybridized carbons (Fsp3) is 0.571. The van der Waals surface area contributed by atoms with E-state index in [1.165, 1.54) is 13.0 Å². The molecule has 1 unspecified atom stereocenters. The number of rotatable bonds is 6. The second-order valence-corrected chi connectivity index (χ2v) is 7.59. The van der Waals surface area contributed by atoms with Gasteiger partial charge in [0.2, 0.25) is 10.0 Å². The van der Waals surface area contributed by atoms with Gasteiger partial charge in [0.05, 0.1) is 10.6 Å². The van der Waals surface area contributed by atoms with Crippen molar-refractivity contribution in [3.63, 3.8) is 0 Å². The number of nitrogens with zero attached hydrogens (tertiary/aromatic N) is 1. The van der Waals surface area contributed by atoms with Gasteiger partial charge >= 0.3 is 0 Å². The number of hydrogen-bond donors (Lipinski definition) is 2. The van der Waals surface area contributed by atoms with Crippen LogP contribution in [0.4, 0.5) is 10.1 Å². The number of sulfonamides is 1. The number of nitrogens with two attached hydrogens (primary N) is 1. The number of hydrogen-bond acceptors (Lipinski definition) is 4. The summed E-state index contributed by atoms with van der Waals surface area (Å²) in [7, 11) is 0.0221. The minimum atomic E-state index is -3.74. The van der Waals surface area contributed by atoms with Gasteiger partial charge in [-0.2, -0.15) is 0 Å². The van der Waals surface area contributed by atoms with Gasteiger partial charge in [0.25, 0.3) is 0 Å². The Labute approximate surface area is 126 Å². The lowest BCUT2D eigenvalue weighted by molar-refractivity contribution is 0.314. The van der Waals surface area contributed by atoms with Crippen molar-refractivity contribution in [2.75, 3.05) is 26.4 Å². The number of halogens is 1. The van der Waals surface area contributed by atoms with E-state index in [2.05, 4.69) is 4.72 Å². The van der Waals surface area contributed by atoms with E-state index in [-0.39, 0.29) is 28.1 Å². The highest BCUT2D eigenvalue weighted by molar-refractivity contribution is 7.89. The number of benzene rings is 1. The van der Waals surface area contributed by atoms with Gasteiger partial charge in [-0.1, -0.05) is 13.8 Å². The summed E-state index contributed by atoms with van der Waals surface area (Å²) in [6.07, 6.45) is 0. The summed E-state index contributed by atoms with van der Waals surface area (Å²) < 4.78 is 41.1. The highest BCUT2D eigenvalue weighted by atomic mass is 32.2. The summed E-state index contributed by atoms with van der Waals surface area (Å²) in [5.41, 5.74) is 5.56. The van der Waals surface area contributed by atoms with Crippen LogP contribution in [0.3, 0.4) is 0 Å². The summed E-state index contributed by atoms with van der Waals surface area (Å²) in [5, 5.41) is 0. The third-order valence-corrected chi connectivity index (χ3v) is 4.71. The molecule has 0 aromatic heterocycles. The number of anilines is 1. The third kappa shape index (κ3) is 4.66. The maximum absolute atomic E-state index is 13.5. The molecule has 0 aliphatic carbocycles. The molecule has 3 N–H and O–H groups in total. The van der Waals surface area contributed by atoms with Gasteiger partial charge in [0.15, 0.2) is 0 Å². The molecule has 0 fully saturated rings. The maximum Gasteiger partial charge on any atom is 0.240 e. The van der Waals surface area contributed by atoms with Crippen molar-refractivity contribution >= 4 is 15.7 Å². The van der Waals surface area contributed by atoms with Crippen molar-refractivity contribution in [2.45, 2.75) is 31.7 Å². The molecule has 0 saturated carbocycles. The zero-order valence-electron chi connectivity index (χ0n) is 13.1. The number of nitrogens with one attached hydrogen (secondary N) is 1. The zero-order valence-corrected chi connectivity index (χ0v) is 14.0. The molecule has 1 rings (SSSR count). The topological polar surface area (TPSA) is 75.4 Å². The lowest BCUT2D eigenvalue weighted by atomic mass is 10.1. The summed E-state index contributed by atoms with van der Waals surface area (Å²) in [6.45, 7) is 5.96.